The number of aryl methyl sites for hydroxylation is 1. The molecule has 0 saturated heterocycles. The first-order valence-corrected chi connectivity index (χ1v) is 10.6. The molecule has 0 fully saturated rings. The third-order valence-corrected chi connectivity index (χ3v) is 6.04. The number of thioether (sulfide) groups is 1. The summed E-state index contributed by atoms with van der Waals surface area (Å²) in [5, 5.41) is -0.104. The van der Waals surface area contributed by atoms with Crippen molar-refractivity contribution in [1.82, 2.24) is 0 Å². The minimum atomic E-state index is -3.30. The van der Waals surface area contributed by atoms with Crippen molar-refractivity contribution in [2.24, 2.45) is 0 Å². The van der Waals surface area contributed by atoms with Gasteiger partial charge in [-0.25, -0.2) is 8.42 Å². The van der Waals surface area contributed by atoms with E-state index >= 15 is 0 Å². The molecule has 6 heteroatoms. The summed E-state index contributed by atoms with van der Waals surface area (Å²) in [6.07, 6.45) is 0. The maximum Gasteiger partial charge on any atom is 0.186 e. The van der Waals surface area contributed by atoms with Crippen molar-refractivity contribution in [1.29, 1.82) is 0 Å². The zero-order valence-electron chi connectivity index (χ0n) is 14.2. The molecule has 0 unspecified atom stereocenters. The molecule has 0 N–H and O–H groups in total. The van der Waals surface area contributed by atoms with Crippen LogP contribution >= 0.6 is 11.8 Å². The van der Waals surface area contributed by atoms with E-state index in [1.807, 2.05) is 31.2 Å². The lowest BCUT2D eigenvalue weighted by atomic mass is 10.1. The molecule has 0 aliphatic heterocycles. The summed E-state index contributed by atoms with van der Waals surface area (Å²) in [7, 11) is -3.30. The predicted molar refractivity (Wildman–Crippen MR) is 101 cm³/mol. The summed E-state index contributed by atoms with van der Waals surface area (Å²) in [5.41, 5.74) is 2.88. The molecule has 132 valence electrons. The number of sulfone groups is 1. The van der Waals surface area contributed by atoms with Crippen LogP contribution in [0.3, 0.4) is 0 Å². The molecule has 2 rings (SSSR count). The number of carbonyl (C=O) groups is 2. The highest BCUT2D eigenvalue weighted by atomic mass is 32.2. The van der Waals surface area contributed by atoms with Gasteiger partial charge in [-0.05, 0) is 23.6 Å². The summed E-state index contributed by atoms with van der Waals surface area (Å²) in [6, 6.07) is 14.0. The smallest absolute Gasteiger partial charge is 0.186 e. The molecule has 0 aromatic heterocycles. The van der Waals surface area contributed by atoms with Crippen molar-refractivity contribution in [3.05, 3.63) is 70.8 Å². The molecular formula is C19H20O4S2. The Morgan fingerprint density at radius 3 is 2.20 bits per heavy atom. The fourth-order valence-corrected chi connectivity index (χ4v) is 4.45. The Hall–Kier alpha value is -1.92. The van der Waals surface area contributed by atoms with Gasteiger partial charge in [0.1, 0.15) is 0 Å². The number of hydrogen-bond acceptors (Lipinski definition) is 5. The third-order valence-electron chi connectivity index (χ3n) is 3.71. The van der Waals surface area contributed by atoms with Gasteiger partial charge in [0.05, 0.1) is 17.3 Å². The highest BCUT2D eigenvalue weighted by Crippen LogP contribution is 2.16. The Morgan fingerprint density at radius 2 is 1.60 bits per heavy atom. The van der Waals surface area contributed by atoms with Crippen LogP contribution in [0.25, 0.3) is 0 Å². The number of rotatable bonds is 7. The van der Waals surface area contributed by atoms with Gasteiger partial charge in [-0.15, -0.1) is 0 Å². The van der Waals surface area contributed by atoms with Gasteiger partial charge in [0.25, 0.3) is 0 Å². The molecule has 0 spiro atoms. The topological polar surface area (TPSA) is 68.3 Å². The maximum atomic E-state index is 12.4. The summed E-state index contributed by atoms with van der Waals surface area (Å²) in [6.45, 7) is 3.31. The van der Waals surface area contributed by atoms with Crippen LogP contribution in [-0.4, -0.2) is 25.1 Å². The van der Waals surface area contributed by atoms with Crippen LogP contribution in [0, 0.1) is 6.92 Å². The first-order chi connectivity index (χ1) is 11.8. The minimum Gasteiger partial charge on any atom is -0.293 e. The Kier molecular flexibility index (Phi) is 6.56. The Balaban J connectivity index is 2.04. The second-order valence-electron chi connectivity index (χ2n) is 5.86. The van der Waals surface area contributed by atoms with E-state index in [2.05, 4.69) is 0 Å². The average molecular weight is 376 g/mol. The van der Waals surface area contributed by atoms with Gasteiger partial charge in [0.2, 0.25) is 0 Å². The molecule has 0 amide bonds. The fraction of sp³-hybridized carbons (Fsp3) is 0.263. The molecule has 2 aromatic carbocycles. The van der Waals surface area contributed by atoms with Crippen molar-refractivity contribution in [3.8, 4) is 0 Å². The molecule has 0 aliphatic carbocycles. The van der Waals surface area contributed by atoms with Crippen molar-refractivity contribution in [2.75, 3.05) is 5.75 Å². The Labute approximate surface area is 152 Å². The van der Waals surface area contributed by atoms with Crippen LogP contribution in [0.4, 0.5) is 0 Å². The molecule has 0 radical (unpaired) electrons. The SMILES string of the molecule is CC(=O)SCC(=O)c1ccc(CS(=O)(=O)Cc2ccccc2C)cc1. The Bertz CT molecular complexity index is 869. The average Bonchev–Trinajstić information content (AvgIpc) is 2.55. The second kappa shape index (κ2) is 8.45. The van der Waals surface area contributed by atoms with Crippen LogP contribution in [0.2, 0.25) is 0 Å². The quantitative estimate of drug-likeness (QED) is 0.691. The van der Waals surface area contributed by atoms with Gasteiger partial charge in [-0.3, -0.25) is 9.59 Å². The van der Waals surface area contributed by atoms with Gasteiger partial charge >= 0.3 is 0 Å². The van der Waals surface area contributed by atoms with E-state index in [0.717, 1.165) is 22.9 Å². The van der Waals surface area contributed by atoms with Crippen molar-refractivity contribution in [2.45, 2.75) is 25.4 Å². The van der Waals surface area contributed by atoms with Gasteiger partial charge in [-0.2, -0.15) is 0 Å². The van der Waals surface area contributed by atoms with Crippen molar-refractivity contribution in [3.63, 3.8) is 0 Å². The van der Waals surface area contributed by atoms with E-state index in [1.165, 1.54) is 6.92 Å². The van der Waals surface area contributed by atoms with E-state index in [1.54, 1.807) is 24.3 Å². The largest absolute Gasteiger partial charge is 0.293 e. The third kappa shape index (κ3) is 6.14. The molecule has 0 saturated carbocycles. The monoisotopic (exact) mass is 376 g/mol. The van der Waals surface area contributed by atoms with Gasteiger partial charge < -0.3 is 0 Å². The molecule has 4 nitrogen and oxygen atoms in total. The van der Waals surface area contributed by atoms with Crippen LogP contribution in [0.5, 0.6) is 0 Å². The number of hydrogen-bond donors (Lipinski definition) is 0. The number of carbonyl (C=O) groups excluding carboxylic acids is 2. The van der Waals surface area contributed by atoms with Crippen LogP contribution in [0.15, 0.2) is 48.5 Å². The lowest BCUT2D eigenvalue weighted by Gasteiger charge is -2.08. The molecule has 0 atom stereocenters. The van der Waals surface area contributed by atoms with Crippen LogP contribution in [-0.2, 0) is 26.1 Å². The fourth-order valence-electron chi connectivity index (χ4n) is 2.35. The minimum absolute atomic E-state index is 0.00436. The highest BCUT2D eigenvalue weighted by molar-refractivity contribution is 8.14. The van der Waals surface area contributed by atoms with Crippen LogP contribution in [0.1, 0.15) is 34.0 Å². The van der Waals surface area contributed by atoms with Gasteiger partial charge in [0, 0.05) is 12.5 Å². The Morgan fingerprint density at radius 1 is 0.960 bits per heavy atom. The zero-order valence-corrected chi connectivity index (χ0v) is 15.8. The normalized spacial score (nSPS) is 11.3. The molecule has 0 aliphatic rings. The van der Waals surface area contributed by atoms with E-state index in [-0.39, 0.29) is 28.2 Å². The number of benzene rings is 2. The summed E-state index contributed by atoms with van der Waals surface area (Å²) < 4.78 is 24.8. The summed E-state index contributed by atoms with van der Waals surface area (Å²) in [5.74, 6) is -0.122. The van der Waals surface area contributed by atoms with Gasteiger partial charge in [0.15, 0.2) is 20.7 Å². The lowest BCUT2D eigenvalue weighted by molar-refractivity contribution is -0.109. The molecule has 25 heavy (non-hydrogen) atoms. The lowest BCUT2D eigenvalue weighted by Crippen LogP contribution is -2.09. The van der Waals surface area contributed by atoms with E-state index < -0.39 is 9.84 Å². The predicted octanol–water partition coefficient (Wildman–Crippen LogP) is 3.57. The van der Waals surface area contributed by atoms with E-state index in [9.17, 15) is 18.0 Å². The first kappa shape index (κ1) is 19.4. The van der Waals surface area contributed by atoms with Crippen molar-refractivity contribution >= 4 is 32.5 Å². The standard InChI is InChI=1S/C19H20O4S2/c1-14-5-3-4-6-18(14)13-25(22,23)12-16-7-9-17(10-8-16)19(21)11-24-15(2)20/h3-10H,11-13H2,1-2H3. The molecular weight excluding hydrogens is 356 g/mol. The zero-order chi connectivity index (χ0) is 18.4. The molecule has 2 aromatic rings. The summed E-state index contributed by atoms with van der Waals surface area (Å²) in [4.78, 5) is 22.8. The van der Waals surface area contributed by atoms with Crippen LogP contribution < -0.4 is 0 Å². The highest BCUT2D eigenvalue weighted by Gasteiger charge is 2.15. The first-order valence-electron chi connectivity index (χ1n) is 7.77. The maximum absolute atomic E-state index is 12.4. The molecule has 0 heterocycles. The van der Waals surface area contributed by atoms with E-state index in [4.69, 9.17) is 0 Å². The number of ketones is 1. The number of Topliss-reactive ketones (excluding diaryl/α,β-unsaturated/α-hetero) is 1. The van der Waals surface area contributed by atoms with Crippen molar-refractivity contribution < 1.29 is 18.0 Å². The molecule has 0 bridgehead atoms. The van der Waals surface area contributed by atoms with E-state index in [0.29, 0.717) is 11.1 Å². The summed E-state index contributed by atoms with van der Waals surface area (Å²) >= 11 is 0.967. The second-order valence-corrected chi connectivity index (χ2v) is 9.08. The van der Waals surface area contributed by atoms with Gasteiger partial charge in [-0.1, -0.05) is 60.3 Å².